The molecule has 66 heavy (non-hydrogen) atoms. The molecule has 1 aliphatic carbocycles. The number of carbonyl (C=O) groups is 5. The first-order valence-corrected chi connectivity index (χ1v) is 23.4. The van der Waals surface area contributed by atoms with E-state index in [2.05, 4.69) is 26.1 Å². The lowest BCUT2D eigenvalue weighted by molar-refractivity contribution is -0.142. The molecule has 15 nitrogen and oxygen atoms in total. The molecule has 3 aromatic rings. The van der Waals surface area contributed by atoms with E-state index < -0.39 is 41.5 Å². The average molecular weight is 907 g/mol. The Bertz CT molecular complexity index is 2250. The second kappa shape index (κ2) is 23.3. The van der Waals surface area contributed by atoms with Gasteiger partial charge in [0.15, 0.2) is 17.3 Å². The molecule has 2 amide bonds. The second-order valence-electron chi connectivity index (χ2n) is 19.1. The molecule has 0 radical (unpaired) electrons. The van der Waals surface area contributed by atoms with Crippen molar-refractivity contribution in [2.75, 3.05) is 39.9 Å². The van der Waals surface area contributed by atoms with Gasteiger partial charge in [0.05, 0.1) is 29.1 Å². The number of ether oxygens (including phenoxy) is 2. The van der Waals surface area contributed by atoms with Crippen LogP contribution in [0.25, 0.3) is 11.1 Å². The number of fused-ring (bicyclic) bond motifs is 5. The molecule has 1 aliphatic heterocycles. The number of hydrogen-bond acceptors (Lipinski definition) is 13. The number of hydrogen-bond donors (Lipinski definition) is 4. The number of nitriles is 1. The minimum atomic E-state index is -1.22. The van der Waals surface area contributed by atoms with Gasteiger partial charge in [0, 0.05) is 74.7 Å². The SMILES string of the molecule is Cc1nc(C2CCC(C(C)(C)C)CC2)nc(C)c1C(=O)C[C@@H](CCN)C(=O)N(C)[C@@H]1C(=O)C[C@@H](C)C(=O)N[C@H](C(=O)CCC#N)Cc2ccc(OCCN)c(c2)-c2cc1ccc2OCCN. The van der Waals surface area contributed by atoms with Crippen LogP contribution in [-0.2, 0) is 25.6 Å². The van der Waals surface area contributed by atoms with Gasteiger partial charge in [-0.05, 0) is 106 Å². The summed E-state index contributed by atoms with van der Waals surface area (Å²) in [6.07, 6.45) is 3.86. The third kappa shape index (κ3) is 12.7. The standard InChI is InChI=1S/C51H70N8O7/c1-30-25-43(62)47(59(7)50(64)36(18-20-53)29-42(61)46-31(2)56-48(57-32(46)3)34-11-14-37(15-12-34)51(4,5)6)35-13-17-45(66-24-22-55)39(28-35)38-26-33(10-16-44(38)65-23-21-54)27-40(58-49(30)63)41(60)9-8-19-52/h10,13,16-17,26,28,30,34,36-37,40,47H,8-9,11-12,14-15,18,20-25,27,29,53-55H2,1-7H3,(H,58,63)/t30-,34?,36-,37?,40+,47+/m1/s1. The molecular weight excluding hydrogens is 837 g/mol. The first-order chi connectivity index (χ1) is 31.4. The molecule has 5 rings (SSSR count). The van der Waals surface area contributed by atoms with E-state index in [4.69, 9.17) is 36.6 Å². The Morgan fingerprint density at radius 2 is 1.50 bits per heavy atom. The molecule has 4 atom stereocenters. The van der Waals surface area contributed by atoms with E-state index in [0.29, 0.717) is 56.6 Å². The van der Waals surface area contributed by atoms with Crippen LogP contribution in [0.5, 0.6) is 11.5 Å². The average Bonchev–Trinajstić information content (AvgIpc) is 3.28. The van der Waals surface area contributed by atoms with Gasteiger partial charge >= 0.3 is 0 Å². The molecule has 4 bridgehead atoms. The zero-order valence-electron chi connectivity index (χ0n) is 39.9. The number of rotatable bonds is 17. The zero-order chi connectivity index (χ0) is 48.3. The highest BCUT2D eigenvalue weighted by Gasteiger charge is 2.37. The van der Waals surface area contributed by atoms with E-state index in [1.54, 1.807) is 37.3 Å². The van der Waals surface area contributed by atoms with Crippen LogP contribution in [0.3, 0.4) is 0 Å². The van der Waals surface area contributed by atoms with Crippen molar-refractivity contribution in [3.8, 4) is 28.7 Å². The van der Waals surface area contributed by atoms with Gasteiger partial charge in [-0.25, -0.2) is 9.97 Å². The third-order valence-electron chi connectivity index (χ3n) is 13.2. The normalized spacial score (nSPS) is 20.6. The highest BCUT2D eigenvalue weighted by Crippen LogP contribution is 2.43. The van der Waals surface area contributed by atoms with E-state index in [9.17, 15) is 29.2 Å². The molecule has 356 valence electrons. The van der Waals surface area contributed by atoms with E-state index >= 15 is 0 Å². The van der Waals surface area contributed by atoms with Gasteiger partial charge in [-0.15, -0.1) is 0 Å². The Morgan fingerprint density at radius 1 is 0.894 bits per heavy atom. The Labute approximate surface area is 390 Å². The number of carbonyl (C=O) groups excluding carboxylic acids is 5. The van der Waals surface area contributed by atoms with E-state index in [1.165, 1.54) is 11.9 Å². The molecule has 7 N–H and O–H groups in total. The van der Waals surface area contributed by atoms with Crippen LogP contribution in [0.1, 0.15) is 136 Å². The number of amides is 2. The molecule has 1 saturated carbocycles. The maximum absolute atomic E-state index is 14.8. The van der Waals surface area contributed by atoms with Gasteiger partial charge in [0.2, 0.25) is 11.8 Å². The lowest BCUT2D eigenvalue weighted by atomic mass is 9.69. The second-order valence-corrected chi connectivity index (χ2v) is 19.1. The number of nitrogens with two attached hydrogens (primary N) is 3. The number of ketones is 3. The van der Waals surface area contributed by atoms with Gasteiger partial charge in [-0.1, -0.05) is 39.8 Å². The van der Waals surface area contributed by atoms with Crippen LogP contribution in [0.4, 0.5) is 0 Å². The van der Waals surface area contributed by atoms with Gasteiger partial charge in [-0.2, -0.15) is 5.26 Å². The van der Waals surface area contributed by atoms with Crippen molar-refractivity contribution in [3.05, 3.63) is 70.3 Å². The highest BCUT2D eigenvalue weighted by molar-refractivity contribution is 6.01. The van der Waals surface area contributed by atoms with Crippen molar-refractivity contribution in [2.24, 2.45) is 40.4 Å². The Balaban J connectivity index is 1.54. The first-order valence-electron chi connectivity index (χ1n) is 23.4. The first kappa shape index (κ1) is 51.4. The maximum atomic E-state index is 14.8. The topological polar surface area (TPSA) is 247 Å². The summed E-state index contributed by atoms with van der Waals surface area (Å²) in [4.78, 5) is 82.3. The van der Waals surface area contributed by atoms with Crippen LogP contribution < -0.4 is 32.0 Å². The van der Waals surface area contributed by atoms with Crippen molar-refractivity contribution < 1.29 is 33.4 Å². The summed E-state index contributed by atoms with van der Waals surface area (Å²) < 4.78 is 12.3. The summed E-state index contributed by atoms with van der Waals surface area (Å²) in [5.74, 6) is -1.40. The lowest BCUT2D eigenvalue weighted by Gasteiger charge is -2.36. The monoisotopic (exact) mass is 907 g/mol. The fourth-order valence-corrected chi connectivity index (χ4v) is 9.51. The van der Waals surface area contributed by atoms with Crippen LogP contribution >= 0.6 is 0 Å². The molecule has 0 saturated heterocycles. The summed E-state index contributed by atoms with van der Waals surface area (Å²) in [5, 5.41) is 12.1. The van der Waals surface area contributed by atoms with Crippen molar-refractivity contribution in [1.82, 2.24) is 20.2 Å². The molecule has 2 aliphatic rings. The van der Waals surface area contributed by atoms with Gasteiger partial charge in [0.1, 0.15) is 36.6 Å². The number of Topliss-reactive ketones (excluding diaryl/α,β-unsaturated/α-hetero) is 3. The maximum Gasteiger partial charge on any atom is 0.226 e. The Morgan fingerprint density at radius 3 is 2.08 bits per heavy atom. The summed E-state index contributed by atoms with van der Waals surface area (Å²) in [7, 11) is 1.52. The predicted molar refractivity (Wildman–Crippen MR) is 253 cm³/mol. The molecule has 1 aromatic heterocycles. The van der Waals surface area contributed by atoms with Gasteiger partial charge in [0.25, 0.3) is 0 Å². The Kier molecular flexibility index (Phi) is 18.1. The smallest absolute Gasteiger partial charge is 0.226 e. The number of benzene rings is 2. The largest absolute Gasteiger partial charge is 0.492 e. The number of likely N-dealkylation sites (N-methyl/N-ethyl adjacent to an activating group) is 1. The molecule has 0 spiro atoms. The van der Waals surface area contributed by atoms with Crippen LogP contribution in [0.2, 0.25) is 0 Å². The fourth-order valence-electron chi connectivity index (χ4n) is 9.51. The molecular formula is C51H70N8O7. The number of aryl methyl sites for hydroxylation is 2. The summed E-state index contributed by atoms with van der Waals surface area (Å²) in [6, 6.07) is 10.3. The van der Waals surface area contributed by atoms with Crippen molar-refractivity contribution in [2.45, 2.75) is 124 Å². The van der Waals surface area contributed by atoms with Crippen LogP contribution in [0.15, 0.2) is 36.4 Å². The van der Waals surface area contributed by atoms with E-state index in [1.807, 2.05) is 26.0 Å². The molecule has 15 heteroatoms. The lowest BCUT2D eigenvalue weighted by Crippen LogP contribution is -2.46. The van der Waals surface area contributed by atoms with Crippen LogP contribution in [-0.4, -0.2) is 90.0 Å². The highest BCUT2D eigenvalue weighted by atomic mass is 16.5. The van der Waals surface area contributed by atoms with Gasteiger partial charge < -0.3 is 36.9 Å². The predicted octanol–water partition coefficient (Wildman–Crippen LogP) is 6.00. The fraction of sp³-hybridized carbons (Fsp3) is 0.569. The minimum absolute atomic E-state index is 0.0260. The number of nitrogens with zero attached hydrogens (tertiary/aromatic N) is 4. The molecule has 2 aromatic carbocycles. The summed E-state index contributed by atoms with van der Waals surface area (Å²) >= 11 is 0. The third-order valence-corrected chi connectivity index (χ3v) is 13.2. The quantitative estimate of drug-likeness (QED) is 0.114. The minimum Gasteiger partial charge on any atom is -0.492 e. The van der Waals surface area contributed by atoms with Crippen LogP contribution in [0, 0.1) is 48.3 Å². The van der Waals surface area contributed by atoms with Crippen molar-refractivity contribution in [1.29, 1.82) is 5.26 Å². The van der Waals surface area contributed by atoms with E-state index in [-0.39, 0.29) is 94.3 Å². The van der Waals surface area contributed by atoms with E-state index in [0.717, 1.165) is 31.5 Å². The number of aromatic nitrogens is 2. The Hall–Kier alpha value is -5.56. The van der Waals surface area contributed by atoms with Crippen molar-refractivity contribution >= 4 is 29.2 Å². The van der Waals surface area contributed by atoms with Gasteiger partial charge in [-0.3, -0.25) is 24.0 Å². The van der Waals surface area contributed by atoms with Crippen molar-refractivity contribution in [3.63, 3.8) is 0 Å². The summed E-state index contributed by atoms with van der Waals surface area (Å²) in [6.45, 7) is 13.0. The molecule has 2 heterocycles. The zero-order valence-corrected chi connectivity index (χ0v) is 39.9. The molecule has 0 unspecified atom stereocenters. The summed E-state index contributed by atoms with van der Waals surface area (Å²) in [5.41, 5.74) is 21.8. The molecule has 1 fully saturated rings. The number of nitrogens with one attached hydrogen (secondary N) is 1.